The first-order valence-electron chi connectivity index (χ1n) is 9.36. The number of carboxylic acid groups (broad SMARTS) is 3. The number of hydrogen-bond acceptors (Lipinski definition) is 8. The molecule has 4 atom stereocenters. The average molecular weight is 461 g/mol. The number of carbonyl (C=O) groups excluding carboxylic acids is 4. The van der Waals surface area contributed by atoms with Crippen LogP contribution in [0.5, 0.6) is 0 Å². The van der Waals surface area contributed by atoms with Crippen molar-refractivity contribution in [2.24, 2.45) is 11.5 Å². The lowest BCUT2D eigenvalue weighted by molar-refractivity contribution is -0.144. The number of aliphatic carboxylic acids is 3. The summed E-state index contributed by atoms with van der Waals surface area (Å²) in [6, 6.07) is -5.67. The van der Waals surface area contributed by atoms with Crippen LogP contribution >= 0.6 is 0 Å². The molecule has 0 aliphatic heterocycles. The zero-order valence-electron chi connectivity index (χ0n) is 17.2. The van der Waals surface area contributed by atoms with E-state index in [0.29, 0.717) is 0 Å². The molecule has 10 N–H and O–H groups in total. The van der Waals surface area contributed by atoms with Crippen molar-refractivity contribution in [3.63, 3.8) is 0 Å². The van der Waals surface area contributed by atoms with E-state index in [9.17, 15) is 33.6 Å². The maximum absolute atomic E-state index is 12.4. The molecule has 0 bridgehead atoms. The maximum Gasteiger partial charge on any atom is 0.326 e. The Hall–Kier alpha value is -3.75. The van der Waals surface area contributed by atoms with Gasteiger partial charge < -0.3 is 42.7 Å². The molecule has 15 heteroatoms. The van der Waals surface area contributed by atoms with E-state index in [4.69, 9.17) is 26.8 Å². The third-order valence-electron chi connectivity index (χ3n) is 4.06. The second-order valence-corrected chi connectivity index (χ2v) is 6.83. The summed E-state index contributed by atoms with van der Waals surface area (Å²) >= 11 is 0. The van der Waals surface area contributed by atoms with E-state index in [1.807, 2.05) is 5.32 Å². The van der Waals surface area contributed by atoms with Gasteiger partial charge in [0.2, 0.25) is 23.6 Å². The summed E-state index contributed by atoms with van der Waals surface area (Å²) in [5, 5.41) is 32.9. The first kappa shape index (κ1) is 28.2. The van der Waals surface area contributed by atoms with Crippen molar-refractivity contribution in [2.75, 3.05) is 0 Å². The smallest absolute Gasteiger partial charge is 0.326 e. The minimum atomic E-state index is -1.70. The number of carbonyl (C=O) groups is 7. The van der Waals surface area contributed by atoms with Crippen LogP contribution < -0.4 is 27.4 Å². The molecule has 0 heterocycles. The standard InChI is InChI=1S/C17H27N5O10/c1-7(20-15(29)8(18)2-4-12(24)25)14(28)21-9(3-5-13(26)27)16(30)22-10(17(31)32)6-11(19)23/h7-10H,2-6,18H2,1H3,(H2,19,23)(H,20,29)(H,21,28)(H,22,30)(H,24,25)(H,26,27)(H,31,32)/t7-,8-,9-,10-/m0/s1. The third kappa shape index (κ3) is 11.4. The number of rotatable bonds is 15. The number of nitrogens with one attached hydrogen (secondary N) is 3. The van der Waals surface area contributed by atoms with E-state index >= 15 is 0 Å². The molecule has 0 aromatic heterocycles. The summed E-state index contributed by atoms with van der Waals surface area (Å²) in [6.07, 6.45) is -2.28. The van der Waals surface area contributed by atoms with Gasteiger partial charge in [-0.15, -0.1) is 0 Å². The van der Waals surface area contributed by atoms with Crippen molar-refractivity contribution in [1.82, 2.24) is 16.0 Å². The van der Waals surface area contributed by atoms with Gasteiger partial charge in [0.1, 0.15) is 18.1 Å². The lowest BCUT2D eigenvalue weighted by Crippen LogP contribution is -2.56. The Morgan fingerprint density at radius 2 is 1.25 bits per heavy atom. The van der Waals surface area contributed by atoms with Gasteiger partial charge in [-0.25, -0.2) is 4.79 Å². The predicted octanol–water partition coefficient (Wildman–Crippen LogP) is -3.52. The fourth-order valence-electron chi connectivity index (χ4n) is 2.30. The molecule has 0 spiro atoms. The Morgan fingerprint density at radius 1 is 0.750 bits per heavy atom. The second-order valence-electron chi connectivity index (χ2n) is 6.83. The van der Waals surface area contributed by atoms with Crippen LogP contribution in [-0.4, -0.2) is 81.0 Å². The first-order chi connectivity index (χ1) is 14.7. The molecule has 0 saturated heterocycles. The van der Waals surface area contributed by atoms with Gasteiger partial charge in [0.15, 0.2) is 0 Å². The molecule has 0 aromatic rings. The first-order valence-corrected chi connectivity index (χ1v) is 9.36. The fourth-order valence-corrected chi connectivity index (χ4v) is 2.30. The Balaban J connectivity index is 5.16. The summed E-state index contributed by atoms with van der Waals surface area (Å²) in [6.45, 7) is 1.23. The van der Waals surface area contributed by atoms with Gasteiger partial charge >= 0.3 is 17.9 Å². The van der Waals surface area contributed by atoms with E-state index in [2.05, 4.69) is 10.6 Å². The van der Waals surface area contributed by atoms with Gasteiger partial charge in [0, 0.05) is 12.8 Å². The van der Waals surface area contributed by atoms with Crippen molar-refractivity contribution >= 4 is 41.5 Å². The Labute approximate surface area is 181 Å². The van der Waals surface area contributed by atoms with E-state index in [1.54, 1.807) is 0 Å². The summed E-state index contributed by atoms with van der Waals surface area (Å²) in [4.78, 5) is 80.2. The molecule has 180 valence electrons. The second kappa shape index (κ2) is 13.5. The highest BCUT2D eigenvalue weighted by molar-refractivity contribution is 5.95. The molecule has 32 heavy (non-hydrogen) atoms. The van der Waals surface area contributed by atoms with Crippen LogP contribution in [0.15, 0.2) is 0 Å². The summed E-state index contributed by atoms with van der Waals surface area (Å²) in [5.74, 6) is -7.87. The Morgan fingerprint density at radius 3 is 1.72 bits per heavy atom. The van der Waals surface area contributed by atoms with Crippen molar-refractivity contribution in [1.29, 1.82) is 0 Å². The lowest BCUT2D eigenvalue weighted by atomic mass is 10.1. The highest BCUT2D eigenvalue weighted by Crippen LogP contribution is 2.03. The Bertz CT molecular complexity index is 756. The van der Waals surface area contributed by atoms with Crippen molar-refractivity contribution in [2.45, 2.75) is 63.2 Å². The van der Waals surface area contributed by atoms with Gasteiger partial charge in [0.05, 0.1) is 12.5 Å². The molecule has 0 aromatic carbocycles. The molecular weight excluding hydrogens is 434 g/mol. The molecule has 0 aliphatic rings. The van der Waals surface area contributed by atoms with Crippen LogP contribution in [0.2, 0.25) is 0 Å². The summed E-state index contributed by atoms with van der Waals surface area (Å²) in [5.41, 5.74) is 10.5. The van der Waals surface area contributed by atoms with Crippen LogP contribution in [0.4, 0.5) is 0 Å². The van der Waals surface area contributed by atoms with Crippen molar-refractivity contribution < 1.29 is 48.9 Å². The molecule has 15 nitrogen and oxygen atoms in total. The highest BCUT2D eigenvalue weighted by Gasteiger charge is 2.30. The van der Waals surface area contributed by atoms with Crippen LogP contribution in [-0.2, 0) is 33.6 Å². The van der Waals surface area contributed by atoms with Crippen molar-refractivity contribution in [3.05, 3.63) is 0 Å². The number of primary amides is 1. The number of amides is 4. The fraction of sp³-hybridized carbons (Fsp3) is 0.588. The van der Waals surface area contributed by atoms with Crippen LogP contribution in [0.25, 0.3) is 0 Å². The van der Waals surface area contributed by atoms with Gasteiger partial charge in [-0.3, -0.25) is 28.8 Å². The molecule has 0 rings (SSSR count). The molecule has 0 unspecified atom stereocenters. The quantitative estimate of drug-likeness (QED) is 0.118. The highest BCUT2D eigenvalue weighted by atomic mass is 16.4. The molecular formula is C17H27N5O10. The molecule has 0 radical (unpaired) electrons. The SMILES string of the molecule is C[C@H](NC(=O)[C@@H](N)CCC(=O)O)C(=O)N[C@@H](CCC(=O)O)C(=O)N[C@@H](CC(N)=O)C(=O)O. The monoisotopic (exact) mass is 461 g/mol. The zero-order chi connectivity index (χ0) is 25.0. The predicted molar refractivity (Wildman–Crippen MR) is 105 cm³/mol. The maximum atomic E-state index is 12.4. The number of hydrogen-bond donors (Lipinski definition) is 8. The summed E-state index contributed by atoms with van der Waals surface area (Å²) in [7, 11) is 0. The van der Waals surface area contributed by atoms with Crippen molar-refractivity contribution in [3.8, 4) is 0 Å². The molecule has 0 saturated carbocycles. The van der Waals surface area contributed by atoms with E-state index in [0.717, 1.165) is 0 Å². The average Bonchev–Trinajstić information content (AvgIpc) is 2.67. The van der Waals surface area contributed by atoms with E-state index in [1.165, 1.54) is 6.92 Å². The third-order valence-corrected chi connectivity index (χ3v) is 4.06. The van der Waals surface area contributed by atoms with Crippen LogP contribution in [0.3, 0.4) is 0 Å². The van der Waals surface area contributed by atoms with Crippen LogP contribution in [0, 0.1) is 0 Å². The van der Waals surface area contributed by atoms with E-state index in [-0.39, 0.29) is 12.8 Å². The normalized spacial score (nSPS) is 14.2. The largest absolute Gasteiger partial charge is 0.481 e. The molecule has 0 fully saturated rings. The van der Waals surface area contributed by atoms with E-state index < -0.39 is 85.0 Å². The minimum Gasteiger partial charge on any atom is -0.481 e. The van der Waals surface area contributed by atoms with Crippen LogP contribution in [0.1, 0.15) is 39.0 Å². The number of carboxylic acids is 3. The molecule has 4 amide bonds. The zero-order valence-corrected chi connectivity index (χ0v) is 17.2. The van der Waals surface area contributed by atoms with Gasteiger partial charge in [-0.2, -0.15) is 0 Å². The van der Waals surface area contributed by atoms with Gasteiger partial charge in [0.25, 0.3) is 0 Å². The minimum absolute atomic E-state index is 0.185. The van der Waals surface area contributed by atoms with Gasteiger partial charge in [-0.1, -0.05) is 0 Å². The summed E-state index contributed by atoms with van der Waals surface area (Å²) < 4.78 is 0. The van der Waals surface area contributed by atoms with Gasteiger partial charge in [-0.05, 0) is 19.8 Å². The number of nitrogens with two attached hydrogens (primary N) is 2. The topological polar surface area (TPSA) is 268 Å². The Kier molecular flexibility index (Phi) is 11.9. The molecule has 0 aliphatic carbocycles. The lowest BCUT2D eigenvalue weighted by Gasteiger charge is -2.23.